The van der Waals surface area contributed by atoms with Gasteiger partial charge in [-0.05, 0) is 24.6 Å². The highest BCUT2D eigenvalue weighted by molar-refractivity contribution is 6.27. The Morgan fingerprint density at radius 2 is 1.86 bits per heavy atom. The number of hydrogen-bond donors (Lipinski definition) is 0. The van der Waals surface area contributed by atoms with Crippen LogP contribution in [0.25, 0.3) is 10.4 Å². The molecule has 5 nitrogen and oxygen atoms in total. The number of ketones is 1. The number of fused-ring (bicyclic) bond motifs is 1. The molecule has 5 heteroatoms. The fraction of sp³-hybridized carbons (Fsp3) is 0.188. The van der Waals surface area contributed by atoms with Gasteiger partial charge in [-0.1, -0.05) is 6.08 Å². The van der Waals surface area contributed by atoms with Gasteiger partial charge in [0.15, 0.2) is 17.3 Å². The van der Waals surface area contributed by atoms with Gasteiger partial charge in [0.05, 0.1) is 26.9 Å². The molecule has 0 fully saturated rings. The zero-order valence-electron chi connectivity index (χ0n) is 11.9. The Kier molecular flexibility index (Phi) is 3.77. The average Bonchev–Trinajstić information content (AvgIpc) is 2.79. The topological polar surface area (TPSA) is 63.7 Å². The number of allylic oxidation sites excluding steroid dienone is 4. The lowest BCUT2D eigenvalue weighted by Gasteiger charge is -2.09. The summed E-state index contributed by atoms with van der Waals surface area (Å²) >= 11 is 0. The Balaban J connectivity index is 2.88. The number of benzene rings is 1. The SMILES string of the molecule is [C-]#[N+]/C(C#N)=C1\C(=C\C)C(=O)c2cc(OC)c(OC)cc21. The highest BCUT2D eigenvalue weighted by atomic mass is 16.5. The zero-order chi connectivity index (χ0) is 15.6. The Morgan fingerprint density at radius 3 is 2.29 bits per heavy atom. The molecule has 104 valence electrons. The van der Waals surface area contributed by atoms with Crippen LogP contribution in [0.2, 0.25) is 0 Å². The molecule has 0 N–H and O–H groups in total. The number of carbonyl (C=O) groups is 1. The van der Waals surface area contributed by atoms with Crippen molar-refractivity contribution in [2.45, 2.75) is 6.92 Å². The number of hydrogen-bond acceptors (Lipinski definition) is 4. The van der Waals surface area contributed by atoms with Gasteiger partial charge in [0.2, 0.25) is 0 Å². The van der Waals surface area contributed by atoms with Gasteiger partial charge >= 0.3 is 0 Å². The van der Waals surface area contributed by atoms with E-state index in [9.17, 15) is 4.79 Å². The third-order valence-corrected chi connectivity index (χ3v) is 3.29. The predicted octanol–water partition coefficient (Wildman–Crippen LogP) is 3.00. The van der Waals surface area contributed by atoms with Crippen molar-refractivity contribution in [2.75, 3.05) is 14.2 Å². The molecule has 0 atom stereocenters. The molecule has 0 heterocycles. The Labute approximate surface area is 122 Å². The third kappa shape index (κ3) is 2.05. The Morgan fingerprint density at radius 1 is 1.29 bits per heavy atom. The van der Waals surface area contributed by atoms with E-state index in [1.165, 1.54) is 14.2 Å². The van der Waals surface area contributed by atoms with Crippen molar-refractivity contribution in [3.05, 3.63) is 52.0 Å². The maximum Gasteiger partial charge on any atom is 0.270 e. The second kappa shape index (κ2) is 5.52. The molecule has 1 aromatic carbocycles. The second-order valence-electron chi connectivity index (χ2n) is 4.23. The van der Waals surface area contributed by atoms with Crippen LogP contribution >= 0.6 is 0 Å². The van der Waals surface area contributed by atoms with Crippen LogP contribution in [0, 0.1) is 17.9 Å². The van der Waals surface area contributed by atoms with Crippen molar-refractivity contribution < 1.29 is 14.3 Å². The number of Topliss-reactive ketones (excluding diaryl/α,β-unsaturated/α-hetero) is 1. The van der Waals surface area contributed by atoms with Crippen molar-refractivity contribution in [1.82, 2.24) is 0 Å². The Bertz CT molecular complexity index is 758. The van der Waals surface area contributed by atoms with Crippen LogP contribution in [0.15, 0.2) is 29.5 Å². The van der Waals surface area contributed by atoms with Crippen LogP contribution < -0.4 is 9.47 Å². The van der Waals surface area contributed by atoms with Gasteiger partial charge < -0.3 is 9.47 Å². The molecule has 21 heavy (non-hydrogen) atoms. The molecule has 0 radical (unpaired) electrons. The third-order valence-electron chi connectivity index (χ3n) is 3.29. The first-order valence-electron chi connectivity index (χ1n) is 6.12. The van der Waals surface area contributed by atoms with E-state index in [2.05, 4.69) is 4.85 Å². The molecule has 1 aliphatic rings. The first kappa shape index (κ1) is 14.4. The highest BCUT2D eigenvalue weighted by Gasteiger charge is 2.33. The summed E-state index contributed by atoms with van der Waals surface area (Å²) in [7, 11) is 2.97. The standard InChI is InChI=1S/C16H12N2O3/c1-5-9-15(12(8-17)18-2)10-6-13(20-3)14(21-4)7-11(10)16(9)19/h5-7H,1,3-4H3/b9-5-,15-12+. The monoisotopic (exact) mass is 280 g/mol. The lowest BCUT2D eigenvalue weighted by atomic mass is 10.0. The summed E-state index contributed by atoms with van der Waals surface area (Å²) in [6.45, 7) is 8.83. The first-order chi connectivity index (χ1) is 10.1. The Hall–Kier alpha value is -3.05. The van der Waals surface area contributed by atoms with Crippen molar-refractivity contribution in [2.24, 2.45) is 0 Å². The van der Waals surface area contributed by atoms with Crippen LogP contribution in [-0.4, -0.2) is 20.0 Å². The van der Waals surface area contributed by atoms with E-state index in [1.54, 1.807) is 25.1 Å². The molecular formula is C16H12N2O3. The summed E-state index contributed by atoms with van der Waals surface area (Å²) in [6.07, 6.45) is 1.61. The van der Waals surface area contributed by atoms with Gasteiger partial charge in [0.1, 0.15) is 0 Å². The molecular weight excluding hydrogens is 268 g/mol. The lowest BCUT2D eigenvalue weighted by Crippen LogP contribution is -1.97. The number of ether oxygens (including phenoxy) is 2. The fourth-order valence-electron chi connectivity index (χ4n) is 2.34. The molecule has 1 aliphatic carbocycles. The molecule has 0 spiro atoms. The molecule has 2 rings (SSSR count). The summed E-state index contributed by atoms with van der Waals surface area (Å²) < 4.78 is 10.4. The maximum atomic E-state index is 12.4. The normalized spacial score (nSPS) is 17.0. The lowest BCUT2D eigenvalue weighted by molar-refractivity contribution is 0.104. The number of methoxy groups -OCH3 is 2. The first-order valence-corrected chi connectivity index (χ1v) is 6.12. The molecule has 0 amide bonds. The van der Waals surface area contributed by atoms with Gasteiger partial charge in [-0.3, -0.25) is 4.79 Å². The van der Waals surface area contributed by atoms with Gasteiger partial charge in [-0.2, -0.15) is 0 Å². The molecule has 1 aromatic rings. The van der Waals surface area contributed by atoms with Gasteiger partial charge in [-0.15, -0.1) is 0 Å². The molecule has 0 aromatic heterocycles. The van der Waals surface area contributed by atoms with Crippen LogP contribution in [0.3, 0.4) is 0 Å². The number of nitrogens with zero attached hydrogens (tertiary/aromatic N) is 2. The summed E-state index contributed by atoms with van der Waals surface area (Å²) in [5.74, 6) is 0.656. The van der Waals surface area contributed by atoms with E-state index in [0.717, 1.165) is 0 Å². The summed E-state index contributed by atoms with van der Waals surface area (Å²) in [4.78, 5) is 15.7. The second-order valence-corrected chi connectivity index (χ2v) is 4.23. The smallest absolute Gasteiger partial charge is 0.270 e. The van der Waals surface area contributed by atoms with Crippen LogP contribution in [0.4, 0.5) is 0 Å². The van der Waals surface area contributed by atoms with Crippen LogP contribution in [-0.2, 0) is 0 Å². The number of nitriles is 1. The van der Waals surface area contributed by atoms with Crippen LogP contribution in [0.1, 0.15) is 22.8 Å². The van der Waals surface area contributed by atoms with Gasteiger partial charge in [0.25, 0.3) is 5.70 Å². The average molecular weight is 280 g/mol. The minimum Gasteiger partial charge on any atom is -0.493 e. The molecule has 0 aliphatic heterocycles. The summed E-state index contributed by atoms with van der Waals surface area (Å²) in [6, 6.07) is 5.05. The molecule has 0 saturated carbocycles. The number of carbonyl (C=O) groups excluding carboxylic acids is 1. The van der Waals surface area contributed by atoms with E-state index in [4.69, 9.17) is 21.3 Å². The van der Waals surface area contributed by atoms with E-state index >= 15 is 0 Å². The minimum atomic E-state index is -0.222. The van der Waals surface area contributed by atoms with Crippen LogP contribution in [0.5, 0.6) is 11.5 Å². The van der Waals surface area contributed by atoms with E-state index in [-0.39, 0.29) is 11.5 Å². The molecule has 0 saturated heterocycles. The van der Waals surface area contributed by atoms with E-state index in [1.807, 2.05) is 6.07 Å². The van der Waals surface area contributed by atoms with Crippen molar-refractivity contribution in [3.8, 4) is 17.6 Å². The van der Waals surface area contributed by atoms with Crippen molar-refractivity contribution in [3.63, 3.8) is 0 Å². The highest BCUT2D eigenvalue weighted by Crippen LogP contribution is 2.44. The number of rotatable bonds is 2. The minimum absolute atomic E-state index is 0.109. The molecule has 0 unspecified atom stereocenters. The largest absolute Gasteiger partial charge is 0.493 e. The fourth-order valence-corrected chi connectivity index (χ4v) is 2.34. The maximum absolute atomic E-state index is 12.4. The summed E-state index contributed by atoms with van der Waals surface area (Å²) in [5.41, 5.74) is 1.54. The van der Waals surface area contributed by atoms with Crippen molar-refractivity contribution in [1.29, 1.82) is 5.26 Å². The van der Waals surface area contributed by atoms with Gasteiger partial charge in [-0.25, -0.2) is 10.1 Å². The summed E-state index contributed by atoms with van der Waals surface area (Å²) in [5, 5.41) is 9.12. The van der Waals surface area contributed by atoms with E-state index in [0.29, 0.717) is 33.8 Å². The van der Waals surface area contributed by atoms with Crippen molar-refractivity contribution >= 4 is 11.4 Å². The zero-order valence-corrected chi connectivity index (χ0v) is 11.9. The predicted molar refractivity (Wildman–Crippen MR) is 76.8 cm³/mol. The van der Waals surface area contributed by atoms with E-state index < -0.39 is 0 Å². The quantitative estimate of drug-likeness (QED) is 0.474. The molecule has 0 bridgehead atoms. The van der Waals surface area contributed by atoms with Gasteiger partial charge in [0, 0.05) is 16.7 Å².